The van der Waals surface area contributed by atoms with E-state index >= 15 is 0 Å². The number of ether oxygens (including phenoxy) is 1. The summed E-state index contributed by atoms with van der Waals surface area (Å²) in [4.78, 5) is 25.3. The van der Waals surface area contributed by atoms with Crippen molar-refractivity contribution in [3.05, 3.63) is 84.5 Å². The number of pyridine rings is 1. The highest BCUT2D eigenvalue weighted by Crippen LogP contribution is 2.17. The molecule has 0 saturated carbocycles. The van der Waals surface area contributed by atoms with Gasteiger partial charge >= 0.3 is 0 Å². The number of allylic oxidation sites excluding steroid dienone is 2. The first-order valence-electron chi connectivity index (χ1n) is 9.99. The fraction of sp³-hybridized carbons (Fsp3) is 0.250. The molecule has 0 fully saturated rings. The fourth-order valence-corrected chi connectivity index (χ4v) is 2.53. The minimum absolute atomic E-state index is 0.0387. The van der Waals surface area contributed by atoms with Gasteiger partial charge in [0.1, 0.15) is 0 Å². The van der Waals surface area contributed by atoms with E-state index in [2.05, 4.69) is 15.3 Å². The molecule has 0 aliphatic carbocycles. The second-order valence-electron chi connectivity index (χ2n) is 6.15. The van der Waals surface area contributed by atoms with E-state index in [0.717, 1.165) is 22.3 Å². The van der Waals surface area contributed by atoms with Gasteiger partial charge in [-0.25, -0.2) is 4.98 Å². The summed E-state index contributed by atoms with van der Waals surface area (Å²) in [5, 5.41) is 2.88. The molecule has 6 nitrogen and oxygen atoms in total. The molecule has 0 aliphatic heterocycles. The number of nitrogens with zero attached hydrogens (tertiary/aromatic N) is 3. The molecular weight excluding hydrogens is 376 g/mol. The van der Waals surface area contributed by atoms with Crippen molar-refractivity contribution < 1.29 is 9.53 Å². The summed E-state index contributed by atoms with van der Waals surface area (Å²) < 4.78 is 5.28. The van der Waals surface area contributed by atoms with Crippen LogP contribution in [0.5, 0.6) is 0 Å². The summed E-state index contributed by atoms with van der Waals surface area (Å²) in [6.45, 7) is 6.31. The lowest BCUT2D eigenvalue weighted by atomic mass is 10.1. The molecule has 0 spiro atoms. The number of nitrogens with one attached hydrogen (secondary N) is 1. The van der Waals surface area contributed by atoms with E-state index in [9.17, 15) is 4.79 Å². The molecule has 0 bridgehead atoms. The summed E-state index contributed by atoms with van der Waals surface area (Å²) in [6, 6.07) is 11.1. The SMILES string of the molecule is CC.COC(C)/C=C\C(=C/CNC(=O)c1ccncc1)c1cnc2ccccc2n1. The maximum Gasteiger partial charge on any atom is 0.251 e. The van der Waals surface area contributed by atoms with Crippen molar-refractivity contribution in [2.45, 2.75) is 26.9 Å². The van der Waals surface area contributed by atoms with Crippen LogP contribution < -0.4 is 5.32 Å². The number of benzene rings is 1. The van der Waals surface area contributed by atoms with Crippen LogP contribution in [0.25, 0.3) is 16.6 Å². The minimum Gasteiger partial charge on any atom is -0.378 e. The first-order chi connectivity index (χ1) is 14.7. The Balaban J connectivity index is 0.00000155. The zero-order valence-electron chi connectivity index (χ0n) is 17.9. The van der Waals surface area contributed by atoms with Gasteiger partial charge in [-0.2, -0.15) is 0 Å². The predicted molar refractivity (Wildman–Crippen MR) is 121 cm³/mol. The molecule has 3 aromatic rings. The number of methoxy groups -OCH3 is 1. The number of carbonyl (C=O) groups is 1. The summed E-state index contributed by atoms with van der Waals surface area (Å²) >= 11 is 0. The van der Waals surface area contributed by atoms with E-state index in [1.165, 1.54) is 0 Å². The normalized spacial score (nSPS) is 12.3. The number of aromatic nitrogens is 3. The van der Waals surface area contributed by atoms with Crippen molar-refractivity contribution in [2.75, 3.05) is 13.7 Å². The monoisotopic (exact) mass is 404 g/mol. The molecule has 1 unspecified atom stereocenters. The smallest absolute Gasteiger partial charge is 0.251 e. The molecular formula is C24H28N4O2. The maximum absolute atomic E-state index is 12.2. The van der Waals surface area contributed by atoms with Crippen LogP contribution in [0.3, 0.4) is 0 Å². The van der Waals surface area contributed by atoms with Crippen molar-refractivity contribution in [2.24, 2.45) is 0 Å². The molecule has 0 aliphatic rings. The second kappa shape index (κ2) is 12.2. The van der Waals surface area contributed by atoms with Gasteiger partial charge in [0.05, 0.1) is 29.0 Å². The number of carbonyl (C=O) groups excluding carboxylic acids is 1. The molecule has 6 heteroatoms. The van der Waals surface area contributed by atoms with Crippen LogP contribution in [0.15, 0.2) is 73.2 Å². The van der Waals surface area contributed by atoms with Gasteiger partial charge in [-0.3, -0.25) is 14.8 Å². The number of hydrogen-bond acceptors (Lipinski definition) is 5. The standard InChI is InChI=1S/C22H22N4O2.C2H6/c1-16(28-2)7-8-17(11-14-24-22(27)18-9-12-23-13-10-18)21-15-25-19-5-3-4-6-20(19)26-21;1-2/h3-13,15-16H,14H2,1-2H3,(H,24,27);1-2H3/b8-7-,17-11+;. The molecule has 3 rings (SSSR count). The topological polar surface area (TPSA) is 77.0 Å². The van der Waals surface area contributed by atoms with Crippen molar-refractivity contribution in [3.8, 4) is 0 Å². The molecule has 2 aromatic heterocycles. The molecule has 30 heavy (non-hydrogen) atoms. The summed E-state index contributed by atoms with van der Waals surface area (Å²) in [7, 11) is 1.66. The Labute approximate surface area is 177 Å². The Hall–Kier alpha value is -3.38. The number of para-hydroxylation sites is 2. The summed E-state index contributed by atoms with van der Waals surface area (Å²) in [6.07, 6.45) is 10.7. The van der Waals surface area contributed by atoms with Gasteiger partial charge in [-0.05, 0) is 36.8 Å². The van der Waals surface area contributed by atoms with Crippen molar-refractivity contribution >= 4 is 22.5 Å². The van der Waals surface area contributed by atoms with Gasteiger partial charge in [0.25, 0.3) is 5.91 Å². The Morgan fingerprint density at radius 3 is 2.53 bits per heavy atom. The highest BCUT2D eigenvalue weighted by atomic mass is 16.5. The number of amides is 1. The third-order valence-electron chi connectivity index (χ3n) is 4.19. The van der Waals surface area contributed by atoms with Gasteiger partial charge in [0, 0.05) is 31.6 Å². The van der Waals surface area contributed by atoms with Crippen LogP contribution in [0, 0.1) is 0 Å². The van der Waals surface area contributed by atoms with Crippen LogP contribution in [0.1, 0.15) is 36.8 Å². The number of fused-ring (bicyclic) bond motifs is 1. The largest absolute Gasteiger partial charge is 0.378 e. The van der Waals surface area contributed by atoms with Crippen LogP contribution in [0.4, 0.5) is 0 Å². The first kappa shape index (κ1) is 22.9. The molecule has 0 saturated heterocycles. The first-order valence-corrected chi connectivity index (χ1v) is 9.99. The second-order valence-corrected chi connectivity index (χ2v) is 6.15. The van der Waals surface area contributed by atoms with Gasteiger partial charge in [-0.15, -0.1) is 0 Å². The zero-order valence-corrected chi connectivity index (χ0v) is 17.9. The van der Waals surface area contributed by atoms with Gasteiger partial charge in [0.2, 0.25) is 0 Å². The van der Waals surface area contributed by atoms with Crippen molar-refractivity contribution in [1.82, 2.24) is 20.3 Å². The lowest BCUT2D eigenvalue weighted by molar-refractivity contribution is 0.0958. The molecule has 1 N–H and O–H groups in total. The third-order valence-corrected chi connectivity index (χ3v) is 4.19. The highest BCUT2D eigenvalue weighted by molar-refractivity contribution is 5.94. The average Bonchev–Trinajstić information content (AvgIpc) is 2.82. The van der Waals surface area contributed by atoms with Crippen LogP contribution in [-0.2, 0) is 4.74 Å². The molecule has 1 amide bonds. The average molecular weight is 405 g/mol. The summed E-state index contributed by atoms with van der Waals surface area (Å²) in [5.74, 6) is -0.156. The van der Waals surface area contributed by atoms with E-state index in [1.54, 1.807) is 37.8 Å². The Morgan fingerprint density at radius 2 is 1.83 bits per heavy atom. The third kappa shape index (κ3) is 6.60. The van der Waals surface area contributed by atoms with Crippen LogP contribution in [-0.4, -0.2) is 40.6 Å². The minimum atomic E-state index is -0.156. The molecule has 1 atom stereocenters. The van der Waals surface area contributed by atoms with Gasteiger partial charge in [0.15, 0.2) is 0 Å². The lowest BCUT2D eigenvalue weighted by Gasteiger charge is -2.07. The van der Waals surface area contributed by atoms with E-state index in [1.807, 2.05) is 63.3 Å². The van der Waals surface area contributed by atoms with Gasteiger partial charge < -0.3 is 10.1 Å². The molecule has 156 valence electrons. The number of hydrogen-bond donors (Lipinski definition) is 1. The van der Waals surface area contributed by atoms with E-state index < -0.39 is 0 Å². The Kier molecular flexibility index (Phi) is 9.34. The highest BCUT2D eigenvalue weighted by Gasteiger charge is 2.06. The van der Waals surface area contributed by atoms with Crippen molar-refractivity contribution in [3.63, 3.8) is 0 Å². The van der Waals surface area contributed by atoms with E-state index in [0.29, 0.717) is 12.1 Å². The Bertz CT molecular complexity index is 1000. The maximum atomic E-state index is 12.2. The molecule has 2 heterocycles. The quantitative estimate of drug-likeness (QED) is 0.589. The van der Waals surface area contributed by atoms with Crippen molar-refractivity contribution in [1.29, 1.82) is 0 Å². The molecule has 0 radical (unpaired) electrons. The fourth-order valence-electron chi connectivity index (χ4n) is 2.53. The van der Waals surface area contributed by atoms with Crippen LogP contribution in [0.2, 0.25) is 0 Å². The zero-order chi connectivity index (χ0) is 21.8. The van der Waals surface area contributed by atoms with E-state index in [-0.39, 0.29) is 12.0 Å². The number of rotatable bonds is 7. The lowest BCUT2D eigenvalue weighted by Crippen LogP contribution is -2.23. The van der Waals surface area contributed by atoms with Crippen LogP contribution >= 0.6 is 0 Å². The van der Waals surface area contributed by atoms with Gasteiger partial charge in [-0.1, -0.05) is 44.2 Å². The Morgan fingerprint density at radius 1 is 1.13 bits per heavy atom. The molecule has 1 aromatic carbocycles. The van der Waals surface area contributed by atoms with E-state index in [4.69, 9.17) is 9.72 Å². The summed E-state index contributed by atoms with van der Waals surface area (Å²) in [5.41, 5.74) is 3.82. The predicted octanol–water partition coefficient (Wildman–Crippen LogP) is 4.46.